The standard InChI is InChI=1S/C60H40N2O.C58H38N2O/c1-4-15-41(16-5-1)42-27-32-49(33-28-42)61(47-18-6-2-7-19-47)50-22-14-17-45(37-50)51-34-29-43(38-54(51)46-31-36-60-56(40-46)53-24-11-13-26-59(53)63-60)44-30-35-58-55(39-44)52-23-10-12-25-57(52)62(58)48-20-8-3-9-21-48;1-3-17-45(18-4-1)59(48-30-26-39-14-7-8-15-40(39)34-48)47-21-13-16-43(35-47)49-31-27-41(36-52(49)44-29-33-58-54(38-44)51-23-10-12-25-57(51)61-58)42-28-32-56-53(37-42)50-22-9-11-24-55(50)60(56)46-19-5-2-6-20-46/h1-40H;1-38H. The molecule has 4 heterocycles. The van der Waals surface area contributed by atoms with E-state index in [9.17, 15) is 0 Å². The second-order valence-electron chi connectivity index (χ2n) is 31.9. The van der Waals surface area contributed by atoms with Crippen molar-refractivity contribution in [3.05, 3.63) is 473 Å². The minimum atomic E-state index is 0.886. The third-order valence-corrected chi connectivity index (χ3v) is 24.5. The Bertz CT molecular complexity index is 8170. The summed E-state index contributed by atoms with van der Waals surface area (Å²) in [5, 5.41) is 11.8. The molecule has 582 valence electrons. The van der Waals surface area contributed by atoms with Crippen molar-refractivity contribution in [3.8, 4) is 89.3 Å². The number of benzene rings is 20. The summed E-state index contributed by atoms with van der Waals surface area (Å²) in [5.41, 5.74) is 33.4. The van der Waals surface area contributed by atoms with E-state index in [4.69, 9.17) is 8.83 Å². The van der Waals surface area contributed by atoms with Gasteiger partial charge in [-0.05, 0) is 271 Å². The fourth-order valence-corrected chi connectivity index (χ4v) is 18.7. The van der Waals surface area contributed by atoms with Crippen LogP contribution in [0.15, 0.2) is 482 Å². The molecule has 0 unspecified atom stereocenters. The predicted molar refractivity (Wildman–Crippen MR) is 521 cm³/mol. The van der Waals surface area contributed by atoms with Gasteiger partial charge in [0.25, 0.3) is 0 Å². The zero-order valence-corrected chi connectivity index (χ0v) is 67.6. The van der Waals surface area contributed by atoms with Gasteiger partial charge in [-0.3, -0.25) is 0 Å². The summed E-state index contributed by atoms with van der Waals surface area (Å²) < 4.78 is 17.4. The van der Waals surface area contributed by atoms with E-state index in [-0.39, 0.29) is 0 Å². The van der Waals surface area contributed by atoms with E-state index >= 15 is 0 Å². The molecular formula is C118H78N4O2. The number of aromatic nitrogens is 2. The lowest BCUT2D eigenvalue weighted by atomic mass is 9.90. The lowest BCUT2D eigenvalue weighted by molar-refractivity contribution is 0.668. The van der Waals surface area contributed by atoms with Crippen molar-refractivity contribution in [1.82, 2.24) is 9.13 Å². The topological polar surface area (TPSA) is 42.6 Å². The molecule has 0 saturated heterocycles. The van der Waals surface area contributed by atoms with Gasteiger partial charge in [-0.15, -0.1) is 0 Å². The Morgan fingerprint density at radius 2 is 0.468 bits per heavy atom. The number of hydrogen-bond acceptors (Lipinski definition) is 4. The fraction of sp³-hybridized carbons (Fsp3) is 0. The van der Waals surface area contributed by atoms with E-state index in [0.29, 0.717) is 0 Å². The molecule has 0 N–H and O–H groups in total. The minimum absolute atomic E-state index is 0.886. The number of para-hydroxylation sites is 8. The lowest BCUT2D eigenvalue weighted by Crippen LogP contribution is -2.09. The number of rotatable bonds is 15. The molecule has 4 aromatic heterocycles. The Hall–Kier alpha value is -16.5. The highest BCUT2D eigenvalue weighted by Crippen LogP contribution is 2.48. The summed E-state index contributed by atoms with van der Waals surface area (Å²) in [6.45, 7) is 0. The highest BCUT2D eigenvalue weighted by molar-refractivity contribution is 6.14. The van der Waals surface area contributed by atoms with Crippen LogP contribution in [-0.2, 0) is 0 Å². The molecule has 0 radical (unpaired) electrons. The minimum Gasteiger partial charge on any atom is -0.456 e. The second-order valence-corrected chi connectivity index (χ2v) is 31.9. The van der Waals surface area contributed by atoms with Crippen LogP contribution in [-0.4, -0.2) is 9.13 Å². The van der Waals surface area contributed by atoms with Crippen molar-refractivity contribution in [3.63, 3.8) is 0 Å². The summed E-state index contributed by atoms with van der Waals surface area (Å²) in [4.78, 5) is 4.70. The summed E-state index contributed by atoms with van der Waals surface area (Å²) in [5.74, 6) is 0. The van der Waals surface area contributed by atoms with Gasteiger partial charge in [0.15, 0.2) is 0 Å². The van der Waals surface area contributed by atoms with Gasteiger partial charge in [-0.2, -0.15) is 0 Å². The molecule has 0 aliphatic carbocycles. The van der Waals surface area contributed by atoms with Crippen molar-refractivity contribution in [2.75, 3.05) is 9.80 Å². The first-order chi connectivity index (χ1) is 61.5. The quantitative estimate of drug-likeness (QED) is 0.103. The zero-order valence-electron chi connectivity index (χ0n) is 67.6. The largest absolute Gasteiger partial charge is 0.456 e. The maximum Gasteiger partial charge on any atom is 0.135 e. The molecule has 0 spiro atoms. The maximum absolute atomic E-state index is 6.31. The van der Waals surface area contributed by atoms with Gasteiger partial charge in [0.2, 0.25) is 0 Å². The molecule has 0 bridgehead atoms. The third kappa shape index (κ3) is 13.2. The number of hydrogen-bond donors (Lipinski definition) is 0. The third-order valence-electron chi connectivity index (χ3n) is 24.5. The molecule has 0 fully saturated rings. The summed E-state index contributed by atoms with van der Waals surface area (Å²) in [6, 6.07) is 170. The summed E-state index contributed by atoms with van der Waals surface area (Å²) >= 11 is 0. The van der Waals surface area contributed by atoms with Crippen molar-refractivity contribution in [2.24, 2.45) is 0 Å². The number of fused-ring (bicyclic) bond motifs is 13. The summed E-state index contributed by atoms with van der Waals surface area (Å²) in [6.07, 6.45) is 0. The van der Waals surface area contributed by atoms with Crippen LogP contribution in [0.4, 0.5) is 34.1 Å². The SMILES string of the molecule is c1ccc(-c2ccc(N(c3ccccc3)c3cccc(-c4ccc(-c5ccc6c(c5)c5ccccc5n6-c5ccccc5)cc4-c4ccc5oc6ccccc6c5c4)c3)cc2)cc1.c1ccc(N(c2cccc(-c3ccc(-c4ccc5c(c4)c4ccccc4n5-c4ccccc4)cc3-c3ccc4oc5ccccc5c4c3)c2)c2ccc3ccccc3c2)cc1. The molecule has 0 saturated carbocycles. The van der Waals surface area contributed by atoms with E-state index in [1.54, 1.807) is 0 Å². The van der Waals surface area contributed by atoms with E-state index in [1.165, 1.54) is 76.6 Å². The molecule has 0 atom stereocenters. The van der Waals surface area contributed by atoms with Crippen LogP contribution in [0.1, 0.15) is 0 Å². The maximum atomic E-state index is 6.31. The monoisotopic (exact) mass is 1580 g/mol. The first-order valence-electron chi connectivity index (χ1n) is 42.3. The molecule has 0 aliphatic heterocycles. The van der Waals surface area contributed by atoms with Crippen molar-refractivity contribution < 1.29 is 8.83 Å². The van der Waals surface area contributed by atoms with Gasteiger partial charge in [0.05, 0.1) is 22.1 Å². The average Bonchev–Trinajstić information content (AvgIpc) is 1.58. The van der Waals surface area contributed by atoms with Gasteiger partial charge in [-0.1, -0.05) is 291 Å². The Morgan fingerprint density at radius 1 is 0.153 bits per heavy atom. The highest BCUT2D eigenvalue weighted by atomic mass is 16.3. The Balaban J connectivity index is 0.000000143. The van der Waals surface area contributed by atoms with Crippen LogP contribution in [0.25, 0.3) is 188 Å². The molecule has 6 nitrogen and oxygen atoms in total. The van der Waals surface area contributed by atoms with Crippen LogP contribution in [0, 0.1) is 0 Å². The summed E-state index contributed by atoms with van der Waals surface area (Å²) in [7, 11) is 0. The smallest absolute Gasteiger partial charge is 0.135 e. The molecule has 20 aromatic carbocycles. The first kappa shape index (κ1) is 72.7. The average molecular weight is 1580 g/mol. The first-order valence-corrected chi connectivity index (χ1v) is 42.3. The van der Waals surface area contributed by atoms with Crippen molar-refractivity contribution in [1.29, 1.82) is 0 Å². The van der Waals surface area contributed by atoms with Crippen molar-refractivity contribution >= 4 is 132 Å². The number of anilines is 6. The lowest BCUT2D eigenvalue weighted by Gasteiger charge is -2.26. The number of nitrogens with zero attached hydrogens (tertiary/aromatic N) is 4. The highest BCUT2D eigenvalue weighted by Gasteiger charge is 2.23. The fourth-order valence-electron chi connectivity index (χ4n) is 18.7. The van der Waals surface area contributed by atoms with Gasteiger partial charge in [0, 0.05) is 88.6 Å². The Kier molecular flexibility index (Phi) is 18.2. The van der Waals surface area contributed by atoms with Crippen LogP contribution in [0.5, 0.6) is 0 Å². The van der Waals surface area contributed by atoms with E-state index < -0.39 is 0 Å². The van der Waals surface area contributed by atoms with Crippen LogP contribution in [0.2, 0.25) is 0 Å². The molecule has 24 rings (SSSR count). The zero-order chi connectivity index (χ0) is 82.0. The number of furan rings is 2. The molecule has 6 heteroatoms. The molecule has 124 heavy (non-hydrogen) atoms. The van der Waals surface area contributed by atoms with Gasteiger partial charge >= 0.3 is 0 Å². The van der Waals surface area contributed by atoms with E-state index in [2.05, 4.69) is 468 Å². The molecular weight excluding hydrogens is 1510 g/mol. The predicted octanol–water partition coefficient (Wildman–Crippen LogP) is 33.1. The van der Waals surface area contributed by atoms with Crippen LogP contribution < -0.4 is 9.80 Å². The molecule has 24 aromatic rings. The van der Waals surface area contributed by atoms with E-state index in [1.807, 2.05) is 24.3 Å². The Morgan fingerprint density at radius 3 is 0.968 bits per heavy atom. The Labute approximate surface area is 717 Å². The van der Waals surface area contributed by atoms with Crippen molar-refractivity contribution in [2.45, 2.75) is 0 Å². The van der Waals surface area contributed by atoms with E-state index in [0.717, 1.165) is 145 Å². The normalized spacial score (nSPS) is 11.5. The van der Waals surface area contributed by atoms with Gasteiger partial charge < -0.3 is 27.8 Å². The van der Waals surface area contributed by atoms with Crippen LogP contribution >= 0.6 is 0 Å². The molecule has 0 amide bonds. The van der Waals surface area contributed by atoms with Crippen LogP contribution in [0.3, 0.4) is 0 Å². The van der Waals surface area contributed by atoms with Gasteiger partial charge in [0.1, 0.15) is 22.3 Å². The molecule has 0 aliphatic rings. The second kappa shape index (κ2) is 31.0. The van der Waals surface area contributed by atoms with Gasteiger partial charge in [-0.25, -0.2) is 0 Å².